The molecule has 0 saturated heterocycles. The van der Waals surface area contributed by atoms with Gasteiger partial charge in [-0.2, -0.15) is 5.10 Å². The van der Waals surface area contributed by atoms with E-state index in [1.807, 2.05) is 18.5 Å². The van der Waals surface area contributed by atoms with Crippen LogP contribution >= 0.6 is 0 Å². The van der Waals surface area contributed by atoms with E-state index in [4.69, 9.17) is 5.21 Å². The standard InChI is InChI=1S/C3H4N2.C2HN8O2/c1-2-4-5-3-1;11-9-1(3-5-7-9)2-4-6-8-10(2)12/h1-3H,(H,4,5);11H/q;-1/p+1. The first kappa shape index (κ1) is 10.5. The molecule has 3 aromatic rings. The van der Waals surface area contributed by atoms with Gasteiger partial charge in [0.2, 0.25) is 5.82 Å². The summed E-state index contributed by atoms with van der Waals surface area (Å²) >= 11 is 0. The normalized spacial score (nSPS) is 9.65. The number of tetrazole rings is 2. The Labute approximate surface area is 92.4 Å². The largest absolute Gasteiger partial charge is 0.787 e. The fourth-order valence-corrected chi connectivity index (χ4v) is 0.867. The maximum Gasteiger partial charge on any atom is 0.260 e. The molecular weight excluding hydrogens is 232 g/mol. The number of aromatic amines is 2. The third kappa shape index (κ3) is 2.31. The number of nitrogens with one attached hydrogen (secondary N) is 2. The van der Waals surface area contributed by atoms with E-state index < -0.39 is 0 Å². The van der Waals surface area contributed by atoms with Gasteiger partial charge in [-0.15, -0.1) is 15.3 Å². The van der Waals surface area contributed by atoms with Gasteiger partial charge in [-0.25, -0.2) is 0 Å². The summed E-state index contributed by atoms with van der Waals surface area (Å²) in [6.45, 7) is 0. The average Bonchev–Trinajstić information content (AvgIpc) is 3.01. The molecule has 88 valence electrons. The van der Waals surface area contributed by atoms with Crippen LogP contribution in [0.5, 0.6) is 0 Å². The van der Waals surface area contributed by atoms with Gasteiger partial charge in [-0.1, -0.05) is 4.85 Å². The van der Waals surface area contributed by atoms with Crippen molar-refractivity contribution in [1.29, 1.82) is 0 Å². The van der Waals surface area contributed by atoms with E-state index in [0.29, 0.717) is 4.85 Å². The minimum Gasteiger partial charge on any atom is -0.787 e. The Bertz CT molecular complexity index is 499. The number of nitrogens with zero attached hydrogens (tertiary/aromatic N) is 8. The zero-order valence-corrected chi connectivity index (χ0v) is 8.17. The lowest BCUT2D eigenvalue weighted by molar-refractivity contribution is -0.449. The van der Waals surface area contributed by atoms with E-state index >= 15 is 0 Å². The zero-order valence-electron chi connectivity index (χ0n) is 8.17. The highest BCUT2D eigenvalue weighted by Crippen LogP contribution is 2.06. The minimum absolute atomic E-state index is 0.0956. The lowest BCUT2D eigenvalue weighted by atomic mass is 10.6. The van der Waals surface area contributed by atoms with Crippen molar-refractivity contribution < 1.29 is 10.3 Å². The lowest BCUT2D eigenvalue weighted by Crippen LogP contribution is -2.01. The van der Waals surface area contributed by atoms with Gasteiger partial charge >= 0.3 is 0 Å². The molecule has 12 heteroatoms. The van der Waals surface area contributed by atoms with Crippen LogP contribution in [-0.4, -0.2) is 51.0 Å². The van der Waals surface area contributed by atoms with E-state index in [1.54, 1.807) is 0 Å². The molecular formula is C5H6N10O2. The predicted octanol–water partition coefficient (Wildman–Crippen LogP) is -2.26. The predicted molar refractivity (Wildman–Crippen MR) is 47.9 cm³/mol. The maximum atomic E-state index is 10.7. The molecule has 0 unspecified atom stereocenters. The number of H-pyrrole nitrogens is 2. The number of hydrogen-bond donors (Lipinski definition) is 2. The molecule has 0 atom stereocenters. The van der Waals surface area contributed by atoms with E-state index in [1.165, 1.54) is 0 Å². The highest BCUT2D eigenvalue weighted by molar-refractivity contribution is 5.40. The van der Waals surface area contributed by atoms with Gasteiger partial charge in [-0.05, 0) is 20.9 Å². The topological polar surface area (TPSA) is 160 Å². The van der Waals surface area contributed by atoms with Crippen LogP contribution in [0, 0.1) is 5.21 Å². The van der Waals surface area contributed by atoms with Gasteiger partial charge in [0.15, 0.2) is 6.20 Å². The summed E-state index contributed by atoms with van der Waals surface area (Å²) in [7, 11) is 0. The lowest BCUT2D eigenvalue weighted by Gasteiger charge is -2.02. The first-order valence-corrected chi connectivity index (χ1v) is 4.22. The smallest absolute Gasteiger partial charge is 0.260 e. The Morgan fingerprint density at radius 3 is 2.41 bits per heavy atom. The van der Waals surface area contributed by atoms with Crippen molar-refractivity contribution in [1.82, 2.24) is 45.8 Å². The Morgan fingerprint density at radius 2 is 2.00 bits per heavy atom. The molecule has 0 aliphatic heterocycles. The van der Waals surface area contributed by atoms with Crippen molar-refractivity contribution >= 4 is 0 Å². The molecule has 0 saturated carbocycles. The molecule has 0 spiro atoms. The quantitative estimate of drug-likeness (QED) is 0.449. The molecule has 17 heavy (non-hydrogen) atoms. The minimum atomic E-state index is -0.262. The van der Waals surface area contributed by atoms with Gasteiger partial charge in [0.25, 0.3) is 5.82 Å². The molecule has 0 aliphatic rings. The van der Waals surface area contributed by atoms with Crippen LogP contribution in [0.4, 0.5) is 0 Å². The fraction of sp³-hybridized carbons (Fsp3) is 0. The first-order chi connectivity index (χ1) is 8.29. The summed E-state index contributed by atoms with van der Waals surface area (Å²) in [5, 5.41) is 43.9. The first-order valence-electron chi connectivity index (χ1n) is 4.22. The monoisotopic (exact) mass is 238 g/mol. The van der Waals surface area contributed by atoms with E-state index in [2.05, 4.69) is 41.2 Å². The summed E-state index contributed by atoms with van der Waals surface area (Å²) in [4.78, 5) is 0.401. The molecule has 0 aliphatic carbocycles. The SMILES string of the molecule is [O-]n1nnnc1-c1nnnn1O.c1c[nH][nH+]c1. The zero-order chi connectivity index (χ0) is 12.1. The number of hydrogen-bond acceptors (Lipinski definition) is 8. The molecule has 3 rings (SSSR count). The van der Waals surface area contributed by atoms with Crippen LogP contribution in [0.25, 0.3) is 11.6 Å². The van der Waals surface area contributed by atoms with E-state index in [9.17, 15) is 5.21 Å². The van der Waals surface area contributed by atoms with E-state index in [-0.39, 0.29) is 16.5 Å². The molecule has 0 fully saturated rings. The highest BCUT2D eigenvalue weighted by atomic mass is 16.5. The van der Waals surface area contributed by atoms with Crippen molar-refractivity contribution in [2.45, 2.75) is 0 Å². The summed E-state index contributed by atoms with van der Waals surface area (Å²) in [5.41, 5.74) is 0. The number of rotatable bonds is 1. The summed E-state index contributed by atoms with van der Waals surface area (Å²) in [6.07, 6.45) is 3.64. The fourth-order valence-electron chi connectivity index (χ4n) is 0.867. The van der Waals surface area contributed by atoms with E-state index in [0.717, 1.165) is 0 Å². The Hall–Kier alpha value is -3.05. The average molecular weight is 238 g/mol. The molecule has 3 aromatic heterocycles. The highest BCUT2D eigenvalue weighted by Gasteiger charge is 2.12. The second kappa shape index (κ2) is 4.65. The van der Waals surface area contributed by atoms with Crippen molar-refractivity contribution in [2.75, 3.05) is 0 Å². The molecule has 3 N–H and O–H groups in total. The third-order valence-electron chi connectivity index (χ3n) is 1.54. The summed E-state index contributed by atoms with van der Waals surface area (Å²) < 4.78 is 0. The molecule has 0 amide bonds. The molecule has 0 aromatic carbocycles. The third-order valence-corrected chi connectivity index (χ3v) is 1.54. The van der Waals surface area contributed by atoms with Crippen LogP contribution in [0.2, 0.25) is 0 Å². The van der Waals surface area contributed by atoms with Gasteiger partial charge in [0.1, 0.15) is 0 Å². The molecule has 3 heterocycles. The Balaban J connectivity index is 0.000000181. The van der Waals surface area contributed by atoms with Crippen molar-refractivity contribution in [3.05, 3.63) is 23.7 Å². The second-order valence-corrected chi connectivity index (χ2v) is 2.58. The molecule has 0 radical (unpaired) electrons. The molecule has 12 nitrogen and oxygen atoms in total. The Morgan fingerprint density at radius 1 is 1.24 bits per heavy atom. The Kier molecular flexibility index (Phi) is 2.86. The van der Waals surface area contributed by atoms with Crippen molar-refractivity contribution in [2.24, 2.45) is 0 Å². The van der Waals surface area contributed by atoms with Crippen LogP contribution in [-0.2, 0) is 0 Å². The van der Waals surface area contributed by atoms with Crippen LogP contribution < -0.4 is 5.10 Å². The van der Waals surface area contributed by atoms with Gasteiger partial charge < -0.3 is 10.4 Å². The summed E-state index contributed by atoms with van der Waals surface area (Å²) in [6, 6.07) is 1.89. The van der Waals surface area contributed by atoms with Gasteiger partial charge in [-0.3, -0.25) is 4.85 Å². The van der Waals surface area contributed by atoms with Crippen molar-refractivity contribution in [3.63, 3.8) is 0 Å². The van der Waals surface area contributed by atoms with Gasteiger partial charge in [0, 0.05) is 6.07 Å². The van der Waals surface area contributed by atoms with Gasteiger partial charge in [0.05, 0.1) is 6.20 Å². The van der Waals surface area contributed by atoms with Crippen LogP contribution in [0.3, 0.4) is 0 Å². The number of aromatic nitrogens is 10. The summed E-state index contributed by atoms with van der Waals surface area (Å²) in [5.74, 6) is -0.475. The van der Waals surface area contributed by atoms with Crippen LogP contribution in [0.1, 0.15) is 0 Å². The molecule has 0 bridgehead atoms. The van der Waals surface area contributed by atoms with Crippen LogP contribution in [0.15, 0.2) is 18.5 Å². The van der Waals surface area contributed by atoms with Crippen molar-refractivity contribution in [3.8, 4) is 11.6 Å². The maximum absolute atomic E-state index is 10.7. The second-order valence-electron chi connectivity index (χ2n) is 2.58.